The Bertz CT molecular complexity index is 1460. The van der Waals surface area contributed by atoms with Crippen molar-refractivity contribution in [2.45, 2.75) is 70.1 Å². The minimum atomic E-state index is -4.64. The molecule has 1 aromatic carbocycles. The second-order valence-corrected chi connectivity index (χ2v) is 12.6. The molecule has 0 unspecified atom stereocenters. The Kier molecular flexibility index (Phi) is 8.83. The molecule has 2 N–H and O–H groups in total. The van der Waals surface area contributed by atoms with Crippen molar-refractivity contribution in [3.05, 3.63) is 41.8 Å². The van der Waals surface area contributed by atoms with E-state index in [0.29, 0.717) is 34.3 Å². The van der Waals surface area contributed by atoms with Crippen molar-refractivity contribution in [1.29, 1.82) is 0 Å². The third kappa shape index (κ3) is 7.57. The number of rotatable bonds is 9. The van der Waals surface area contributed by atoms with Crippen LogP contribution in [0.15, 0.2) is 30.5 Å². The molecule has 0 saturated heterocycles. The minimum Gasteiger partial charge on any atom is -0.351 e. The maximum atomic E-state index is 14.8. The van der Waals surface area contributed by atoms with Crippen molar-refractivity contribution in [3.63, 3.8) is 0 Å². The number of nitrogens with one attached hydrogen (secondary N) is 2. The first-order valence-electron chi connectivity index (χ1n) is 13.2. The molecule has 1 saturated carbocycles. The summed E-state index contributed by atoms with van der Waals surface area (Å²) in [6.45, 7) is 4.02. The average molecular weight is 583 g/mol. The summed E-state index contributed by atoms with van der Waals surface area (Å²) in [6.07, 6.45) is -0.283. The highest BCUT2D eigenvalue weighted by atomic mass is 32.2. The van der Waals surface area contributed by atoms with E-state index in [-0.39, 0.29) is 12.0 Å². The van der Waals surface area contributed by atoms with Crippen molar-refractivity contribution >= 4 is 32.7 Å². The quantitative estimate of drug-likeness (QED) is 0.302. The maximum absolute atomic E-state index is 14.8. The van der Waals surface area contributed by atoms with E-state index >= 15 is 0 Å². The molecular formula is C27H34F4N6O2S. The standard InChI is InChI=1S/C27H34F4N6O2S/c1-16(2)20-14-23(17-5-10-22(21(28)13-17)36-40(38,39)12-11-27(29,30)31)34-24-15-32-26(35-25(20)24)33-18-6-8-19(9-7-18)37(3)4/h5,10,13-16,18-19,36H,6-9,11-12H2,1-4H3,(H,32,33,35). The number of alkyl halides is 3. The van der Waals surface area contributed by atoms with Gasteiger partial charge in [-0.15, -0.1) is 0 Å². The van der Waals surface area contributed by atoms with E-state index in [1.807, 2.05) is 24.6 Å². The van der Waals surface area contributed by atoms with Gasteiger partial charge in [0.1, 0.15) is 11.3 Å². The lowest BCUT2D eigenvalue weighted by molar-refractivity contribution is -0.129. The molecule has 0 aliphatic heterocycles. The molecule has 3 aromatic rings. The third-order valence-electron chi connectivity index (χ3n) is 7.14. The van der Waals surface area contributed by atoms with Gasteiger partial charge in [-0.1, -0.05) is 19.9 Å². The Hall–Kier alpha value is -3.06. The Morgan fingerprint density at radius 2 is 1.77 bits per heavy atom. The number of aromatic nitrogens is 3. The number of benzene rings is 1. The van der Waals surface area contributed by atoms with E-state index in [4.69, 9.17) is 4.98 Å². The van der Waals surface area contributed by atoms with Crippen molar-refractivity contribution < 1.29 is 26.0 Å². The fourth-order valence-electron chi connectivity index (χ4n) is 4.85. The van der Waals surface area contributed by atoms with Crippen LogP contribution < -0.4 is 10.0 Å². The van der Waals surface area contributed by atoms with Gasteiger partial charge in [-0.05, 0) is 69.5 Å². The van der Waals surface area contributed by atoms with E-state index in [1.54, 1.807) is 6.20 Å². The fraction of sp³-hybridized carbons (Fsp3) is 0.519. The molecule has 13 heteroatoms. The number of sulfonamides is 1. The van der Waals surface area contributed by atoms with Gasteiger partial charge in [-0.2, -0.15) is 13.2 Å². The molecule has 1 fully saturated rings. The van der Waals surface area contributed by atoms with Gasteiger partial charge in [0.05, 0.1) is 35.3 Å². The number of hydrogen-bond acceptors (Lipinski definition) is 7. The molecule has 0 amide bonds. The normalized spacial score (nSPS) is 18.4. The monoisotopic (exact) mass is 582 g/mol. The first-order valence-corrected chi connectivity index (χ1v) is 14.8. The van der Waals surface area contributed by atoms with E-state index < -0.39 is 39.9 Å². The SMILES string of the molecule is CC(C)c1cc(-c2ccc(NS(=O)(=O)CCC(F)(F)F)c(F)c2)nc2cnc(NC3CCC(N(C)C)CC3)nc12. The summed E-state index contributed by atoms with van der Waals surface area (Å²) in [5.41, 5.74) is 2.48. The van der Waals surface area contributed by atoms with Crippen LogP contribution in [0.3, 0.4) is 0 Å². The van der Waals surface area contributed by atoms with Gasteiger partial charge in [0.2, 0.25) is 16.0 Å². The average Bonchev–Trinajstić information content (AvgIpc) is 2.88. The highest BCUT2D eigenvalue weighted by molar-refractivity contribution is 7.92. The third-order valence-corrected chi connectivity index (χ3v) is 8.42. The molecule has 8 nitrogen and oxygen atoms in total. The van der Waals surface area contributed by atoms with E-state index in [2.05, 4.69) is 34.3 Å². The van der Waals surface area contributed by atoms with Gasteiger partial charge in [-0.25, -0.2) is 27.8 Å². The molecule has 0 atom stereocenters. The van der Waals surface area contributed by atoms with Gasteiger partial charge < -0.3 is 10.2 Å². The van der Waals surface area contributed by atoms with E-state index in [0.717, 1.165) is 37.3 Å². The Morgan fingerprint density at radius 3 is 2.38 bits per heavy atom. The Balaban J connectivity index is 1.56. The predicted molar refractivity (Wildman–Crippen MR) is 148 cm³/mol. The lowest BCUT2D eigenvalue weighted by Crippen LogP contribution is -2.36. The number of fused-ring (bicyclic) bond motifs is 1. The van der Waals surface area contributed by atoms with Crippen molar-refractivity contribution in [2.75, 3.05) is 29.9 Å². The van der Waals surface area contributed by atoms with Crippen LogP contribution in [0.1, 0.15) is 57.4 Å². The number of pyridine rings is 1. The molecule has 2 aromatic heterocycles. The number of anilines is 2. The molecule has 0 radical (unpaired) electrons. The molecular weight excluding hydrogens is 548 g/mol. The zero-order valence-corrected chi connectivity index (χ0v) is 23.7. The predicted octanol–water partition coefficient (Wildman–Crippen LogP) is 5.93. The molecule has 1 aliphatic rings. The van der Waals surface area contributed by atoms with Gasteiger partial charge >= 0.3 is 6.18 Å². The summed E-state index contributed by atoms with van der Waals surface area (Å²) in [5, 5.41) is 3.46. The molecule has 2 heterocycles. The topological polar surface area (TPSA) is 100 Å². The fourth-order valence-corrected chi connectivity index (χ4v) is 5.95. The van der Waals surface area contributed by atoms with Crippen LogP contribution in [0.5, 0.6) is 0 Å². The van der Waals surface area contributed by atoms with E-state index in [1.165, 1.54) is 12.1 Å². The van der Waals surface area contributed by atoms with Crippen LogP contribution in [0.2, 0.25) is 0 Å². The number of hydrogen-bond donors (Lipinski definition) is 2. The highest BCUT2D eigenvalue weighted by Crippen LogP contribution is 2.31. The van der Waals surface area contributed by atoms with Crippen LogP contribution in [-0.4, -0.2) is 66.4 Å². The van der Waals surface area contributed by atoms with Crippen LogP contribution in [0.4, 0.5) is 29.2 Å². The van der Waals surface area contributed by atoms with Crippen molar-refractivity contribution in [2.24, 2.45) is 0 Å². The lowest BCUT2D eigenvalue weighted by Gasteiger charge is -2.32. The number of halogens is 4. The Labute approximate surface area is 231 Å². The van der Waals surface area contributed by atoms with Gasteiger partial charge in [0, 0.05) is 17.6 Å². The molecule has 0 bridgehead atoms. The van der Waals surface area contributed by atoms with Gasteiger partial charge in [0.15, 0.2) is 0 Å². The summed E-state index contributed by atoms with van der Waals surface area (Å²) in [5.74, 6) is -1.53. The smallest absolute Gasteiger partial charge is 0.351 e. The summed E-state index contributed by atoms with van der Waals surface area (Å²) >= 11 is 0. The van der Waals surface area contributed by atoms with Gasteiger partial charge in [-0.3, -0.25) is 4.72 Å². The summed E-state index contributed by atoms with van der Waals surface area (Å²) in [6, 6.07) is 6.42. The minimum absolute atomic E-state index is 0.0621. The van der Waals surface area contributed by atoms with Crippen LogP contribution >= 0.6 is 0 Å². The summed E-state index contributed by atoms with van der Waals surface area (Å²) in [4.78, 5) is 16.1. The summed E-state index contributed by atoms with van der Waals surface area (Å²) in [7, 11) is -0.179. The zero-order chi connectivity index (χ0) is 29.2. The lowest BCUT2D eigenvalue weighted by atomic mass is 9.90. The number of nitrogens with zero attached hydrogens (tertiary/aromatic N) is 4. The zero-order valence-electron chi connectivity index (χ0n) is 22.9. The van der Waals surface area contributed by atoms with Crippen LogP contribution in [0, 0.1) is 5.82 Å². The molecule has 0 spiro atoms. The second kappa shape index (κ2) is 11.8. The molecule has 1 aliphatic carbocycles. The Morgan fingerprint density at radius 1 is 1.07 bits per heavy atom. The van der Waals surface area contributed by atoms with Crippen molar-refractivity contribution in [1.82, 2.24) is 19.9 Å². The van der Waals surface area contributed by atoms with Crippen LogP contribution in [-0.2, 0) is 10.0 Å². The highest BCUT2D eigenvalue weighted by Gasteiger charge is 2.30. The van der Waals surface area contributed by atoms with E-state index in [9.17, 15) is 26.0 Å². The first-order chi connectivity index (χ1) is 18.7. The molecule has 4 rings (SSSR count). The largest absolute Gasteiger partial charge is 0.390 e. The first kappa shape index (κ1) is 29.9. The second-order valence-electron chi connectivity index (χ2n) is 10.8. The van der Waals surface area contributed by atoms with Crippen molar-refractivity contribution in [3.8, 4) is 11.3 Å². The van der Waals surface area contributed by atoms with Crippen LogP contribution in [0.25, 0.3) is 22.3 Å². The summed E-state index contributed by atoms with van der Waals surface area (Å²) < 4.78 is 78.0. The molecule has 218 valence electrons. The maximum Gasteiger partial charge on any atom is 0.390 e. The molecule has 40 heavy (non-hydrogen) atoms. The van der Waals surface area contributed by atoms with Gasteiger partial charge in [0.25, 0.3) is 0 Å².